The van der Waals surface area contributed by atoms with Crippen molar-refractivity contribution in [3.8, 4) is 11.5 Å². The molecule has 0 unspecified atom stereocenters. The molecule has 2 rings (SSSR count). The van der Waals surface area contributed by atoms with Gasteiger partial charge in [-0.1, -0.05) is 17.7 Å². The summed E-state index contributed by atoms with van der Waals surface area (Å²) in [5.74, 6) is 0.495. The van der Waals surface area contributed by atoms with Crippen LogP contribution in [0.1, 0.15) is 10.4 Å². The summed E-state index contributed by atoms with van der Waals surface area (Å²) >= 11 is 5.88. The van der Waals surface area contributed by atoms with E-state index in [0.29, 0.717) is 22.2 Å². The quantitative estimate of drug-likeness (QED) is 0.851. The fourth-order valence-electron chi connectivity index (χ4n) is 1.84. The number of hydrogen-bond donors (Lipinski definition) is 2. The van der Waals surface area contributed by atoms with Gasteiger partial charge in [-0.15, -0.1) is 0 Å². The number of hydrogen-bond acceptors (Lipinski definition) is 4. The van der Waals surface area contributed by atoms with Gasteiger partial charge in [0.25, 0.3) is 5.91 Å². The van der Waals surface area contributed by atoms with E-state index >= 15 is 0 Å². The van der Waals surface area contributed by atoms with Gasteiger partial charge in [0.1, 0.15) is 11.5 Å². The van der Waals surface area contributed by atoms with E-state index in [0.717, 1.165) is 0 Å². The molecule has 0 spiro atoms. The van der Waals surface area contributed by atoms with Crippen molar-refractivity contribution in [2.45, 2.75) is 0 Å². The maximum Gasteiger partial charge on any atom is 0.258 e. The third-order valence-corrected chi connectivity index (χ3v) is 3.13. The summed E-state index contributed by atoms with van der Waals surface area (Å²) in [7, 11) is 2.98. The standard InChI is InChI=1S/C15H15ClN2O3/c1-20-11-7-12(14(17)13(8-11)21-2)15(19)18-10-5-3-4-9(16)6-10/h3-8H,17H2,1-2H3,(H,18,19). The van der Waals surface area contributed by atoms with Crippen LogP contribution in [0.15, 0.2) is 36.4 Å². The molecular formula is C15H15ClN2O3. The van der Waals surface area contributed by atoms with Crippen LogP contribution in [0.2, 0.25) is 5.02 Å². The molecule has 0 saturated heterocycles. The maximum atomic E-state index is 12.3. The van der Waals surface area contributed by atoms with E-state index in [-0.39, 0.29) is 17.2 Å². The van der Waals surface area contributed by atoms with Gasteiger partial charge in [0, 0.05) is 16.8 Å². The maximum absolute atomic E-state index is 12.3. The molecule has 0 aliphatic carbocycles. The average molecular weight is 307 g/mol. The first-order chi connectivity index (χ1) is 10.0. The molecule has 6 heteroatoms. The molecule has 5 nitrogen and oxygen atoms in total. The minimum atomic E-state index is -0.369. The molecule has 21 heavy (non-hydrogen) atoms. The monoisotopic (exact) mass is 306 g/mol. The summed E-state index contributed by atoms with van der Waals surface area (Å²) in [5, 5.41) is 3.26. The van der Waals surface area contributed by atoms with Crippen molar-refractivity contribution < 1.29 is 14.3 Å². The van der Waals surface area contributed by atoms with E-state index < -0.39 is 0 Å². The van der Waals surface area contributed by atoms with E-state index in [1.807, 2.05) is 0 Å². The lowest BCUT2D eigenvalue weighted by Crippen LogP contribution is -2.14. The lowest BCUT2D eigenvalue weighted by atomic mass is 10.1. The Labute approximate surface area is 127 Å². The lowest BCUT2D eigenvalue weighted by molar-refractivity contribution is 0.102. The number of methoxy groups -OCH3 is 2. The van der Waals surface area contributed by atoms with E-state index in [2.05, 4.69) is 5.32 Å². The summed E-state index contributed by atoms with van der Waals surface area (Å²) in [6.07, 6.45) is 0. The van der Waals surface area contributed by atoms with E-state index in [4.69, 9.17) is 26.8 Å². The fraction of sp³-hybridized carbons (Fsp3) is 0.133. The number of nitrogens with one attached hydrogen (secondary N) is 1. The van der Waals surface area contributed by atoms with Gasteiger partial charge >= 0.3 is 0 Å². The number of ether oxygens (including phenoxy) is 2. The molecule has 2 aromatic rings. The number of benzene rings is 2. The number of nitrogen functional groups attached to an aromatic ring is 1. The van der Waals surface area contributed by atoms with Gasteiger partial charge in [-0.3, -0.25) is 4.79 Å². The van der Waals surface area contributed by atoms with Crippen molar-refractivity contribution in [1.82, 2.24) is 0 Å². The average Bonchev–Trinajstić information content (AvgIpc) is 2.47. The summed E-state index contributed by atoms with van der Waals surface area (Å²) in [4.78, 5) is 12.3. The predicted octanol–water partition coefficient (Wildman–Crippen LogP) is 3.19. The Hall–Kier alpha value is -2.40. The van der Waals surface area contributed by atoms with Crippen molar-refractivity contribution in [3.05, 3.63) is 47.0 Å². The van der Waals surface area contributed by atoms with Gasteiger partial charge < -0.3 is 20.5 Å². The Bertz CT molecular complexity index is 674. The van der Waals surface area contributed by atoms with Gasteiger partial charge in [-0.05, 0) is 24.3 Å². The van der Waals surface area contributed by atoms with Gasteiger partial charge in [0.05, 0.1) is 25.5 Å². The number of amides is 1. The van der Waals surface area contributed by atoms with Crippen LogP contribution in [-0.4, -0.2) is 20.1 Å². The van der Waals surface area contributed by atoms with Crippen LogP contribution in [0.5, 0.6) is 11.5 Å². The second-order valence-corrected chi connectivity index (χ2v) is 4.69. The molecule has 2 aromatic carbocycles. The van der Waals surface area contributed by atoms with Crippen LogP contribution in [0.3, 0.4) is 0 Å². The molecule has 0 bridgehead atoms. The molecule has 0 atom stereocenters. The molecular weight excluding hydrogens is 292 g/mol. The van der Waals surface area contributed by atoms with Crippen LogP contribution < -0.4 is 20.5 Å². The van der Waals surface area contributed by atoms with Crippen molar-refractivity contribution in [2.75, 3.05) is 25.3 Å². The molecule has 110 valence electrons. The van der Waals surface area contributed by atoms with Crippen LogP contribution in [0.25, 0.3) is 0 Å². The van der Waals surface area contributed by atoms with Crippen LogP contribution in [0, 0.1) is 0 Å². The van der Waals surface area contributed by atoms with Crippen molar-refractivity contribution in [3.63, 3.8) is 0 Å². The van der Waals surface area contributed by atoms with Crippen LogP contribution in [0.4, 0.5) is 11.4 Å². The summed E-state index contributed by atoms with van der Waals surface area (Å²) in [6.45, 7) is 0. The molecule has 3 N–H and O–H groups in total. The molecule has 0 fully saturated rings. The molecule has 0 saturated carbocycles. The van der Waals surface area contributed by atoms with Crippen LogP contribution in [-0.2, 0) is 0 Å². The Morgan fingerprint density at radius 1 is 1.19 bits per heavy atom. The molecule has 0 aliphatic rings. The third kappa shape index (κ3) is 3.38. The Balaban J connectivity index is 2.34. The highest BCUT2D eigenvalue weighted by Gasteiger charge is 2.16. The van der Waals surface area contributed by atoms with Gasteiger partial charge in [0.2, 0.25) is 0 Å². The Kier molecular flexibility index (Phi) is 4.55. The number of halogens is 1. The van der Waals surface area contributed by atoms with Crippen molar-refractivity contribution >= 4 is 28.9 Å². The smallest absolute Gasteiger partial charge is 0.258 e. The van der Waals surface area contributed by atoms with Gasteiger partial charge in [0.15, 0.2) is 0 Å². The summed E-state index contributed by atoms with van der Waals surface area (Å²) in [5.41, 5.74) is 7.03. The highest BCUT2D eigenvalue weighted by molar-refractivity contribution is 6.31. The first-order valence-corrected chi connectivity index (χ1v) is 6.51. The highest BCUT2D eigenvalue weighted by atomic mass is 35.5. The third-order valence-electron chi connectivity index (χ3n) is 2.90. The minimum Gasteiger partial charge on any atom is -0.497 e. The normalized spacial score (nSPS) is 10.0. The number of anilines is 2. The van der Waals surface area contributed by atoms with E-state index in [1.54, 1.807) is 36.4 Å². The zero-order valence-electron chi connectivity index (χ0n) is 11.6. The topological polar surface area (TPSA) is 73.6 Å². The summed E-state index contributed by atoms with van der Waals surface area (Å²) < 4.78 is 10.3. The minimum absolute atomic E-state index is 0.248. The first-order valence-electron chi connectivity index (χ1n) is 6.13. The lowest BCUT2D eigenvalue weighted by Gasteiger charge is -2.13. The summed E-state index contributed by atoms with van der Waals surface area (Å²) in [6, 6.07) is 10.0. The number of carbonyl (C=O) groups is 1. The van der Waals surface area contributed by atoms with Crippen LogP contribution >= 0.6 is 11.6 Å². The largest absolute Gasteiger partial charge is 0.497 e. The zero-order valence-corrected chi connectivity index (χ0v) is 12.4. The molecule has 0 heterocycles. The molecule has 0 radical (unpaired) electrons. The Morgan fingerprint density at radius 2 is 1.95 bits per heavy atom. The first kappa shape index (κ1) is 15.0. The van der Waals surface area contributed by atoms with E-state index in [1.165, 1.54) is 14.2 Å². The number of carbonyl (C=O) groups excluding carboxylic acids is 1. The van der Waals surface area contributed by atoms with E-state index in [9.17, 15) is 4.79 Å². The molecule has 0 aliphatic heterocycles. The van der Waals surface area contributed by atoms with Gasteiger partial charge in [-0.25, -0.2) is 0 Å². The number of rotatable bonds is 4. The predicted molar refractivity (Wildman–Crippen MR) is 83.4 cm³/mol. The SMILES string of the molecule is COc1cc(OC)c(N)c(C(=O)Nc2cccc(Cl)c2)c1. The molecule has 1 amide bonds. The fourth-order valence-corrected chi connectivity index (χ4v) is 2.03. The zero-order chi connectivity index (χ0) is 15.4. The van der Waals surface area contributed by atoms with Crippen molar-refractivity contribution in [1.29, 1.82) is 0 Å². The second kappa shape index (κ2) is 6.37. The number of nitrogens with two attached hydrogens (primary N) is 1. The second-order valence-electron chi connectivity index (χ2n) is 4.26. The molecule has 0 aromatic heterocycles. The van der Waals surface area contributed by atoms with Gasteiger partial charge in [-0.2, -0.15) is 0 Å². The Morgan fingerprint density at radius 3 is 2.57 bits per heavy atom. The van der Waals surface area contributed by atoms with Crippen molar-refractivity contribution in [2.24, 2.45) is 0 Å². The highest BCUT2D eigenvalue weighted by Crippen LogP contribution is 2.31.